The van der Waals surface area contributed by atoms with E-state index in [1.807, 2.05) is 49.4 Å². The molecule has 3 aromatic rings. The molecule has 204 valence electrons. The van der Waals surface area contributed by atoms with E-state index in [-0.39, 0.29) is 48.7 Å². The third kappa shape index (κ3) is 6.26. The number of ether oxygens (including phenoxy) is 1. The van der Waals surface area contributed by atoms with Crippen LogP contribution >= 0.6 is 40.7 Å². The summed E-state index contributed by atoms with van der Waals surface area (Å²) in [6.45, 7) is 3.89. The van der Waals surface area contributed by atoms with Gasteiger partial charge in [0.05, 0.1) is 19.7 Å². The van der Waals surface area contributed by atoms with Gasteiger partial charge in [0, 0.05) is 34.9 Å². The summed E-state index contributed by atoms with van der Waals surface area (Å²) in [5, 5.41) is 11.6. The molecule has 3 aromatic carbocycles. The number of benzene rings is 3. The zero-order valence-corrected chi connectivity index (χ0v) is 24.5. The van der Waals surface area contributed by atoms with Crippen LogP contribution in [0.25, 0.3) is 10.8 Å². The molecular weight excluding hydrogens is 591 g/mol. The van der Waals surface area contributed by atoms with Crippen molar-refractivity contribution >= 4 is 69.0 Å². The molecule has 0 spiro atoms. The first-order valence-corrected chi connectivity index (χ1v) is 13.2. The second-order valence-corrected chi connectivity index (χ2v) is 10.4. The Morgan fingerprint density at radius 2 is 1.92 bits per heavy atom. The predicted octanol–water partition coefficient (Wildman–Crippen LogP) is 4.37. The summed E-state index contributed by atoms with van der Waals surface area (Å²) in [7, 11) is 1.65. The van der Waals surface area contributed by atoms with Gasteiger partial charge in [0.2, 0.25) is 11.8 Å². The van der Waals surface area contributed by atoms with Gasteiger partial charge in [-0.1, -0.05) is 46.3 Å². The summed E-state index contributed by atoms with van der Waals surface area (Å²) in [4.78, 5) is 28.8. The molecule has 7 nitrogen and oxygen atoms in total. The number of methoxy groups -OCH3 is 1. The maximum atomic E-state index is 14.0. The number of halogens is 3. The van der Waals surface area contributed by atoms with Crippen LogP contribution in [-0.2, 0) is 22.6 Å². The van der Waals surface area contributed by atoms with Gasteiger partial charge >= 0.3 is 0 Å². The Morgan fingerprint density at radius 1 is 1.16 bits per heavy atom. The lowest BCUT2D eigenvalue weighted by atomic mass is 10.0. The normalized spacial score (nSPS) is 17.8. The van der Waals surface area contributed by atoms with E-state index in [1.165, 1.54) is 0 Å². The summed E-state index contributed by atoms with van der Waals surface area (Å²) in [5.74, 6) is 0.465. The quantitative estimate of drug-likeness (QED) is 0.364. The topological polar surface area (TPSA) is 82.7 Å². The first-order chi connectivity index (χ1) is 17.4. The molecule has 2 amide bonds. The molecule has 2 aliphatic heterocycles. The molecule has 0 aliphatic carbocycles. The summed E-state index contributed by atoms with van der Waals surface area (Å²) >= 11 is 3.55. The van der Waals surface area contributed by atoms with Crippen LogP contribution < -0.4 is 25.6 Å². The van der Waals surface area contributed by atoms with E-state index in [2.05, 4.69) is 44.0 Å². The summed E-state index contributed by atoms with van der Waals surface area (Å²) in [6, 6.07) is 17.4. The van der Waals surface area contributed by atoms with E-state index in [4.69, 9.17) is 4.74 Å². The molecule has 10 heteroatoms. The van der Waals surface area contributed by atoms with Crippen LogP contribution in [0.1, 0.15) is 24.5 Å². The Bertz CT molecular complexity index is 1300. The van der Waals surface area contributed by atoms with E-state index >= 15 is 0 Å². The van der Waals surface area contributed by atoms with Crippen molar-refractivity contribution in [3.05, 3.63) is 70.2 Å². The molecule has 2 atom stereocenters. The van der Waals surface area contributed by atoms with Gasteiger partial charge in [0.15, 0.2) is 0 Å². The highest BCUT2D eigenvalue weighted by atomic mass is 79.9. The maximum absolute atomic E-state index is 14.0. The van der Waals surface area contributed by atoms with Crippen LogP contribution in [0.4, 0.5) is 5.69 Å². The van der Waals surface area contributed by atoms with Gasteiger partial charge in [-0.05, 0) is 60.4 Å². The van der Waals surface area contributed by atoms with Crippen molar-refractivity contribution in [3.63, 3.8) is 0 Å². The fourth-order valence-electron chi connectivity index (χ4n) is 5.00. The van der Waals surface area contributed by atoms with Gasteiger partial charge in [-0.25, -0.2) is 0 Å². The molecule has 1 saturated heterocycles. The van der Waals surface area contributed by atoms with Crippen molar-refractivity contribution in [2.75, 3.05) is 25.1 Å². The van der Waals surface area contributed by atoms with Crippen LogP contribution in [-0.4, -0.2) is 50.1 Å². The number of nitrogens with one attached hydrogen (secondary N) is 3. The second-order valence-electron chi connectivity index (χ2n) is 9.51. The second kappa shape index (κ2) is 13.1. The van der Waals surface area contributed by atoms with Crippen LogP contribution in [0.5, 0.6) is 5.75 Å². The molecule has 0 saturated carbocycles. The molecule has 5 rings (SSSR count). The lowest BCUT2D eigenvalue weighted by Crippen LogP contribution is -2.61. The highest BCUT2D eigenvalue weighted by Gasteiger charge is 2.33. The highest BCUT2D eigenvalue weighted by molar-refractivity contribution is 9.10. The van der Waals surface area contributed by atoms with Gasteiger partial charge < -0.3 is 25.6 Å². The van der Waals surface area contributed by atoms with Crippen molar-refractivity contribution < 1.29 is 14.3 Å². The van der Waals surface area contributed by atoms with E-state index in [0.29, 0.717) is 19.4 Å². The van der Waals surface area contributed by atoms with Gasteiger partial charge in [-0.3, -0.25) is 9.59 Å². The Labute approximate surface area is 244 Å². The number of rotatable bonds is 7. The van der Waals surface area contributed by atoms with Gasteiger partial charge in [0.25, 0.3) is 0 Å². The maximum Gasteiger partial charge on any atom is 0.249 e. The van der Waals surface area contributed by atoms with E-state index in [1.54, 1.807) is 12.0 Å². The molecule has 0 radical (unpaired) electrons. The fraction of sp³-hybridized carbons (Fsp3) is 0.357. The largest absolute Gasteiger partial charge is 0.496 e. The molecule has 2 aliphatic rings. The Hall–Kier alpha value is -2.36. The number of hydrogen-bond acceptors (Lipinski definition) is 5. The minimum absolute atomic E-state index is 0. The van der Waals surface area contributed by atoms with Gasteiger partial charge in [-0.15, -0.1) is 24.8 Å². The minimum atomic E-state index is -0.608. The van der Waals surface area contributed by atoms with Crippen LogP contribution in [0.3, 0.4) is 0 Å². The summed E-state index contributed by atoms with van der Waals surface area (Å²) in [5.41, 5.74) is 2.91. The van der Waals surface area contributed by atoms with Crippen molar-refractivity contribution in [2.24, 2.45) is 0 Å². The zero-order chi connectivity index (χ0) is 25.2. The number of aryl methyl sites for hydroxylation is 1. The summed E-state index contributed by atoms with van der Waals surface area (Å²) in [6.07, 6.45) is 1.26. The van der Waals surface area contributed by atoms with Gasteiger partial charge in [0.1, 0.15) is 11.8 Å². The standard InChI is InChI=1S/C28H31BrN4O3.2ClH/c1-17(31-21-14-30-15-21)27(34)32-24-11-7-18-5-3-4-6-25(18)33(28(24)35)16-23-22-10-9-20(29)13-19(22)8-12-26(23)36-2;;/h3-6,8-10,12-13,17,21,24,30-31H,7,11,14-16H2,1-2H3,(H,32,34);2*1H/t17-,24-;;/m0../s1. The first-order valence-electron chi connectivity index (χ1n) is 12.4. The Morgan fingerprint density at radius 3 is 2.63 bits per heavy atom. The number of anilines is 1. The Balaban J connectivity index is 0.00000200. The van der Waals surface area contributed by atoms with Crippen molar-refractivity contribution in [1.29, 1.82) is 0 Å². The van der Waals surface area contributed by atoms with Crippen LogP contribution in [0.15, 0.2) is 59.1 Å². The molecular formula is C28H33BrCl2N4O3. The smallest absolute Gasteiger partial charge is 0.249 e. The number of amides is 2. The fourth-order valence-corrected chi connectivity index (χ4v) is 5.38. The highest BCUT2D eigenvalue weighted by Crippen LogP contribution is 2.35. The minimum Gasteiger partial charge on any atom is -0.496 e. The predicted molar refractivity (Wildman–Crippen MR) is 160 cm³/mol. The number of nitrogens with zero attached hydrogens (tertiary/aromatic N) is 1. The molecule has 0 unspecified atom stereocenters. The average Bonchev–Trinajstić information content (AvgIpc) is 2.98. The molecule has 38 heavy (non-hydrogen) atoms. The lowest BCUT2D eigenvalue weighted by molar-refractivity contribution is -0.128. The molecule has 0 bridgehead atoms. The number of carbonyl (C=O) groups excluding carboxylic acids is 2. The molecule has 2 heterocycles. The third-order valence-corrected chi connectivity index (χ3v) is 7.61. The van der Waals surface area contributed by atoms with Crippen molar-refractivity contribution in [2.45, 2.75) is 44.4 Å². The van der Waals surface area contributed by atoms with E-state index in [9.17, 15) is 9.59 Å². The van der Waals surface area contributed by atoms with Crippen molar-refractivity contribution in [3.8, 4) is 5.75 Å². The van der Waals surface area contributed by atoms with E-state index in [0.717, 1.165) is 50.9 Å². The summed E-state index contributed by atoms with van der Waals surface area (Å²) < 4.78 is 6.71. The zero-order valence-electron chi connectivity index (χ0n) is 21.3. The Kier molecular flexibility index (Phi) is 10.4. The lowest BCUT2D eigenvalue weighted by Gasteiger charge is -2.32. The number of fused-ring (bicyclic) bond motifs is 2. The molecule has 3 N–H and O–H groups in total. The number of para-hydroxylation sites is 1. The molecule has 1 fully saturated rings. The SMILES string of the molecule is COc1ccc2cc(Br)ccc2c1CN1C(=O)[C@@H](NC(=O)[C@H](C)NC2CNC2)CCc2ccccc21.Cl.Cl. The molecule has 0 aromatic heterocycles. The van der Waals surface area contributed by atoms with Crippen molar-refractivity contribution in [1.82, 2.24) is 16.0 Å². The number of hydrogen-bond donors (Lipinski definition) is 3. The van der Waals surface area contributed by atoms with Crippen LogP contribution in [0.2, 0.25) is 0 Å². The van der Waals surface area contributed by atoms with Crippen LogP contribution in [0, 0.1) is 0 Å². The van der Waals surface area contributed by atoms with E-state index < -0.39 is 6.04 Å². The first kappa shape index (κ1) is 30.2. The third-order valence-electron chi connectivity index (χ3n) is 7.11. The monoisotopic (exact) mass is 622 g/mol. The number of carbonyl (C=O) groups is 2. The van der Waals surface area contributed by atoms with Gasteiger partial charge in [-0.2, -0.15) is 0 Å². The average molecular weight is 624 g/mol.